The topological polar surface area (TPSA) is 0 Å². The van der Waals surface area contributed by atoms with Crippen molar-refractivity contribution < 1.29 is 0 Å². The number of rotatable bonds is 6. The van der Waals surface area contributed by atoms with Crippen molar-refractivity contribution in [3.05, 3.63) is 78.4 Å². The molecule has 0 aliphatic heterocycles. The number of fused-ring (bicyclic) bond motifs is 1. The maximum Gasteiger partial charge on any atom is -0.0178 e. The standard InChI is InChI=1S/C21H24/c1-3-4-5-6-7-8-9-12-18(2)20-16-15-19-13-10-11-14-21(19)17-20/h4-5,8-17H,3,6-7H2,1-2H3/b5-4-,9-8+,18-12+. The minimum absolute atomic E-state index is 1.11. The second kappa shape index (κ2) is 8.26. The molecule has 0 atom stereocenters. The van der Waals surface area contributed by atoms with E-state index in [-0.39, 0.29) is 0 Å². The lowest BCUT2D eigenvalue weighted by Gasteiger charge is -2.03. The maximum atomic E-state index is 2.26. The fourth-order valence-electron chi connectivity index (χ4n) is 2.32. The van der Waals surface area contributed by atoms with E-state index in [9.17, 15) is 0 Å². The molecule has 0 radical (unpaired) electrons. The summed E-state index contributed by atoms with van der Waals surface area (Å²) in [5, 5.41) is 2.60. The van der Waals surface area contributed by atoms with Crippen LogP contribution in [0.2, 0.25) is 0 Å². The Labute approximate surface area is 128 Å². The molecular formula is C21H24. The normalized spacial score (nSPS) is 12.8. The number of hydrogen-bond acceptors (Lipinski definition) is 0. The summed E-state index contributed by atoms with van der Waals surface area (Å²) in [4.78, 5) is 0. The van der Waals surface area contributed by atoms with Crippen LogP contribution in [0.15, 0.2) is 72.8 Å². The molecule has 0 spiro atoms. The van der Waals surface area contributed by atoms with Crippen LogP contribution in [0, 0.1) is 0 Å². The van der Waals surface area contributed by atoms with Gasteiger partial charge in [-0.3, -0.25) is 0 Å². The van der Waals surface area contributed by atoms with Gasteiger partial charge in [0.15, 0.2) is 0 Å². The Bertz CT molecular complexity index is 657. The van der Waals surface area contributed by atoms with Crippen LogP contribution < -0.4 is 0 Å². The van der Waals surface area contributed by atoms with Crippen molar-refractivity contribution in [2.75, 3.05) is 0 Å². The smallest absolute Gasteiger partial charge is 0.0178 e. The van der Waals surface area contributed by atoms with E-state index in [1.807, 2.05) is 0 Å². The molecule has 2 aromatic carbocycles. The third kappa shape index (κ3) is 4.75. The molecular weight excluding hydrogens is 252 g/mol. The molecule has 0 unspecified atom stereocenters. The average molecular weight is 276 g/mol. The highest BCUT2D eigenvalue weighted by molar-refractivity contribution is 5.86. The summed E-state index contributed by atoms with van der Waals surface area (Å²) >= 11 is 0. The first-order valence-electron chi connectivity index (χ1n) is 7.79. The number of allylic oxidation sites excluding steroid dienone is 6. The molecule has 0 bridgehead atoms. The Morgan fingerprint density at radius 2 is 1.67 bits per heavy atom. The highest BCUT2D eigenvalue weighted by Crippen LogP contribution is 2.20. The first-order valence-corrected chi connectivity index (χ1v) is 7.79. The van der Waals surface area contributed by atoms with E-state index < -0.39 is 0 Å². The van der Waals surface area contributed by atoms with Crippen molar-refractivity contribution >= 4 is 16.3 Å². The van der Waals surface area contributed by atoms with Gasteiger partial charge in [0.1, 0.15) is 0 Å². The molecule has 0 saturated heterocycles. The molecule has 0 aliphatic carbocycles. The predicted octanol–water partition coefficient (Wildman–Crippen LogP) is 6.55. The largest absolute Gasteiger partial charge is 0.0888 e. The second-order valence-electron chi connectivity index (χ2n) is 5.30. The predicted molar refractivity (Wildman–Crippen MR) is 95.4 cm³/mol. The summed E-state index contributed by atoms with van der Waals surface area (Å²) in [5.41, 5.74) is 2.60. The van der Waals surface area contributed by atoms with Gasteiger partial charge in [-0.1, -0.05) is 73.7 Å². The van der Waals surface area contributed by atoms with Crippen LogP contribution in [0.1, 0.15) is 38.7 Å². The second-order valence-corrected chi connectivity index (χ2v) is 5.30. The SMILES string of the molecule is CC/C=C\CC/C=C/C=C(\C)c1ccc2ccccc2c1. The van der Waals surface area contributed by atoms with Crippen molar-refractivity contribution in [2.24, 2.45) is 0 Å². The summed E-state index contributed by atoms with van der Waals surface area (Å²) in [5.74, 6) is 0. The average Bonchev–Trinajstić information content (AvgIpc) is 2.53. The molecule has 0 N–H and O–H groups in total. The first-order chi connectivity index (χ1) is 10.3. The van der Waals surface area contributed by atoms with Gasteiger partial charge in [0.05, 0.1) is 0 Å². The van der Waals surface area contributed by atoms with E-state index in [1.165, 1.54) is 21.9 Å². The Morgan fingerprint density at radius 1 is 0.905 bits per heavy atom. The molecule has 0 heteroatoms. The summed E-state index contributed by atoms with van der Waals surface area (Å²) in [6, 6.07) is 15.2. The van der Waals surface area contributed by atoms with Crippen molar-refractivity contribution in [1.29, 1.82) is 0 Å². The summed E-state index contributed by atoms with van der Waals surface area (Å²) in [7, 11) is 0. The van der Waals surface area contributed by atoms with Crippen LogP contribution in [-0.4, -0.2) is 0 Å². The van der Waals surface area contributed by atoms with E-state index >= 15 is 0 Å². The highest BCUT2D eigenvalue weighted by atomic mass is 14.0. The van der Waals surface area contributed by atoms with Crippen molar-refractivity contribution in [1.82, 2.24) is 0 Å². The highest BCUT2D eigenvalue weighted by Gasteiger charge is 1.97. The molecule has 21 heavy (non-hydrogen) atoms. The number of unbranched alkanes of at least 4 members (excludes halogenated alkanes) is 1. The lowest BCUT2D eigenvalue weighted by atomic mass is 10.0. The van der Waals surface area contributed by atoms with Gasteiger partial charge in [0.2, 0.25) is 0 Å². The number of benzene rings is 2. The Kier molecular flexibility index (Phi) is 6.02. The van der Waals surface area contributed by atoms with E-state index in [0.717, 1.165) is 19.3 Å². The Morgan fingerprint density at radius 3 is 2.48 bits per heavy atom. The fraction of sp³-hybridized carbons (Fsp3) is 0.238. The van der Waals surface area contributed by atoms with Crippen LogP contribution in [0.5, 0.6) is 0 Å². The zero-order valence-electron chi connectivity index (χ0n) is 13.0. The van der Waals surface area contributed by atoms with Gasteiger partial charge >= 0.3 is 0 Å². The lowest BCUT2D eigenvalue weighted by molar-refractivity contribution is 1.04. The Hall–Kier alpha value is -2.08. The fourth-order valence-corrected chi connectivity index (χ4v) is 2.32. The van der Waals surface area contributed by atoms with Gasteiger partial charge in [0.25, 0.3) is 0 Å². The van der Waals surface area contributed by atoms with Crippen LogP contribution in [0.3, 0.4) is 0 Å². The van der Waals surface area contributed by atoms with Gasteiger partial charge in [-0.25, -0.2) is 0 Å². The third-order valence-electron chi connectivity index (χ3n) is 3.59. The maximum absolute atomic E-state index is 2.26. The molecule has 0 nitrogen and oxygen atoms in total. The first kappa shape index (κ1) is 15.3. The van der Waals surface area contributed by atoms with Crippen LogP contribution in [-0.2, 0) is 0 Å². The molecule has 0 aromatic heterocycles. The molecule has 0 aliphatic rings. The quantitative estimate of drug-likeness (QED) is 0.319. The van der Waals surface area contributed by atoms with Crippen LogP contribution in [0.4, 0.5) is 0 Å². The van der Waals surface area contributed by atoms with Gasteiger partial charge in [-0.05, 0) is 54.2 Å². The monoisotopic (exact) mass is 276 g/mol. The van der Waals surface area contributed by atoms with Gasteiger partial charge in [-0.15, -0.1) is 0 Å². The molecule has 2 aromatic rings. The molecule has 0 heterocycles. The van der Waals surface area contributed by atoms with E-state index in [0.29, 0.717) is 0 Å². The summed E-state index contributed by atoms with van der Waals surface area (Å²) in [6.07, 6.45) is 14.5. The van der Waals surface area contributed by atoms with Crippen LogP contribution >= 0.6 is 0 Å². The summed E-state index contributed by atoms with van der Waals surface area (Å²) < 4.78 is 0. The third-order valence-corrected chi connectivity index (χ3v) is 3.59. The van der Waals surface area contributed by atoms with Gasteiger partial charge in [-0.2, -0.15) is 0 Å². The molecule has 0 saturated carbocycles. The summed E-state index contributed by atoms with van der Waals surface area (Å²) in [6.45, 7) is 4.34. The molecule has 0 fully saturated rings. The lowest BCUT2D eigenvalue weighted by Crippen LogP contribution is -1.80. The number of hydrogen-bond donors (Lipinski definition) is 0. The minimum Gasteiger partial charge on any atom is -0.0888 e. The van der Waals surface area contributed by atoms with Crippen molar-refractivity contribution in [2.45, 2.75) is 33.1 Å². The van der Waals surface area contributed by atoms with Crippen molar-refractivity contribution in [3.63, 3.8) is 0 Å². The van der Waals surface area contributed by atoms with E-state index in [4.69, 9.17) is 0 Å². The van der Waals surface area contributed by atoms with Crippen LogP contribution in [0.25, 0.3) is 16.3 Å². The molecule has 0 amide bonds. The Balaban J connectivity index is 2.00. The molecule has 2 rings (SSSR count). The zero-order chi connectivity index (χ0) is 14.9. The van der Waals surface area contributed by atoms with Gasteiger partial charge < -0.3 is 0 Å². The van der Waals surface area contributed by atoms with E-state index in [1.54, 1.807) is 0 Å². The van der Waals surface area contributed by atoms with Gasteiger partial charge in [0, 0.05) is 0 Å². The molecule has 108 valence electrons. The zero-order valence-corrected chi connectivity index (χ0v) is 13.0. The van der Waals surface area contributed by atoms with Crippen molar-refractivity contribution in [3.8, 4) is 0 Å². The van der Waals surface area contributed by atoms with E-state index in [2.05, 4.69) is 86.7 Å². The minimum atomic E-state index is 1.11.